The first-order chi connectivity index (χ1) is 8.35. The van der Waals surface area contributed by atoms with E-state index in [2.05, 4.69) is 10.6 Å². The average molecular weight is 253 g/mol. The van der Waals surface area contributed by atoms with Crippen molar-refractivity contribution in [2.75, 3.05) is 6.54 Å². The molecule has 5 amide bonds. The summed E-state index contributed by atoms with van der Waals surface area (Å²) in [5.41, 5.74) is -1.33. The zero-order valence-electron chi connectivity index (χ0n) is 10.3. The van der Waals surface area contributed by atoms with E-state index in [9.17, 15) is 19.2 Å². The Hall–Kier alpha value is -1.92. The Kier molecular flexibility index (Phi) is 2.84. The molecule has 0 bridgehead atoms. The summed E-state index contributed by atoms with van der Waals surface area (Å²) in [6.45, 7) is 3.41. The predicted octanol–water partition coefficient (Wildman–Crippen LogP) is -0.630. The standard InChI is InChI=1S/C11H15N3O4/c1-11(2)8(16)13-10(18)14(9(11)17)6-4-3-5-12-7(6)15/h6H,3-5H2,1-2H3,(H,12,15)(H,13,16,18). The third kappa shape index (κ3) is 1.75. The summed E-state index contributed by atoms with van der Waals surface area (Å²) < 4.78 is 0. The molecule has 2 fully saturated rings. The molecule has 2 heterocycles. The second kappa shape index (κ2) is 4.08. The number of hydrogen-bond donors (Lipinski definition) is 2. The van der Waals surface area contributed by atoms with Gasteiger partial charge in [-0.15, -0.1) is 0 Å². The highest BCUT2D eigenvalue weighted by Crippen LogP contribution is 2.26. The van der Waals surface area contributed by atoms with Crippen LogP contribution in [0, 0.1) is 5.41 Å². The zero-order valence-corrected chi connectivity index (χ0v) is 10.3. The molecule has 2 aliphatic heterocycles. The van der Waals surface area contributed by atoms with E-state index in [1.165, 1.54) is 13.8 Å². The summed E-state index contributed by atoms with van der Waals surface area (Å²) in [6.07, 6.45) is 1.12. The van der Waals surface area contributed by atoms with Crippen LogP contribution >= 0.6 is 0 Å². The number of nitrogens with zero attached hydrogens (tertiary/aromatic N) is 1. The number of piperidine rings is 1. The van der Waals surface area contributed by atoms with Crippen molar-refractivity contribution in [3.63, 3.8) is 0 Å². The molecule has 7 nitrogen and oxygen atoms in total. The molecule has 0 radical (unpaired) electrons. The predicted molar refractivity (Wildman–Crippen MR) is 60.2 cm³/mol. The van der Waals surface area contributed by atoms with Crippen molar-refractivity contribution in [1.29, 1.82) is 0 Å². The highest BCUT2D eigenvalue weighted by molar-refractivity contribution is 6.19. The number of nitrogens with one attached hydrogen (secondary N) is 2. The van der Waals surface area contributed by atoms with Gasteiger partial charge < -0.3 is 5.32 Å². The van der Waals surface area contributed by atoms with Gasteiger partial charge in [-0.05, 0) is 26.7 Å². The quantitative estimate of drug-likeness (QED) is 0.608. The van der Waals surface area contributed by atoms with Crippen molar-refractivity contribution in [3.05, 3.63) is 0 Å². The maximum Gasteiger partial charge on any atom is 0.331 e. The third-order valence-electron chi connectivity index (χ3n) is 3.33. The van der Waals surface area contributed by atoms with Crippen LogP contribution in [0.25, 0.3) is 0 Å². The minimum atomic E-state index is -1.33. The van der Waals surface area contributed by atoms with E-state index < -0.39 is 29.3 Å². The monoisotopic (exact) mass is 253 g/mol. The van der Waals surface area contributed by atoms with E-state index in [1.54, 1.807) is 0 Å². The van der Waals surface area contributed by atoms with Crippen LogP contribution in [-0.2, 0) is 14.4 Å². The molecule has 0 saturated carbocycles. The van der Waals surface area contributed by atoms with Crippen LogP contribution in [0.4, 0.5) is 4.79 Å². The van der Waals surface area contributed by atoms with Crippen molar-refractivity contribution < 1.29 is 19.2 Å². The molecule has 0 aromatic rings. The lowest BCUT2D eigenvalue weighted by Gasteiger charge is -2.39. The van der Waals surface area contributed by atoms with Crippen LogP contribution in [0.2, 0.25) is 0 Å². The third-order valence-corrected chi connectivity index (χ3v) is 3.33. The molecule has 7 heteroatoms. The van der Waals surface area contributed by atoms with Gasteiger partial charge in [0.25, 0.3) is 0 Å². The molecule has 1 atom stereocenters. The van der Waals surface area contributed by atoms with Crippen LogP contribution in [0.5, 0.6) is 0 Å². The Morgan fingerprint density at radius 2 is 1.89 bits per heavy atom. The van der Waals surface area contributed by atoms with Gasteiger partial charge in [-0.1, -0.05) is 0 Å². The molecular formula is C11H15N3O4. The molecule has 2 saturated heterocycles. The fourth-order valence-corrected chi connectivity index (χ4v) is 2.09. The van der Waals surface area contributed by atoms with Gasteiger partial charge in [0.1, 0.15) is 11.5 Å². The molecule has 0 spiro atoms. The topological polar surface area (TPSA) is 95.6 Å². The van der Waals surface area contributed by atoms with Gasteiger partial charge >= 0.3 is 6.03 Å². The molecule has 1 unspecified atom stereocenters. The van der Waals surface area contributed by atoms with Crippen LogP contribution < -0.4 is 10.6 Å². The SMILES string of the molecule is CC1(C)C(=O)NC(=O)N(C2CCCNC2=O)C1=O. The van der Waals surface area contributed by atoms with Crippen molar-refractivity contribution in [3.8, 4) is 0 Å². The van der Waals surface area contributed by atoms with Gasteiger partial charge in [-0.2, -0.15) is 0 Å². The highest BCUT2D eigenvalue weighted by Gasteiger charge is 2.50. The number of imide groups is 2. The Balaban J connectivity index is 2.31. The largest absolute Gasteiger partial charge is 0.354 e. The fraction of sp³-hybridized carbons (Fsp3) is 0.636. The molecule has 0 aliphatic carbocycles. The Morgan fingerprint density at radius 3 is 2.50 bits per heavy atom. The molecule has 0 aromatic carbocycles. The lowest BCUT2D eigenvalue weighted by Crippen LogP contribution is -2.67. The smallest absolute Gasteiger partial charge is 0.331 e. The average Bonchev–Trinajstić information content (AvgIpc) is 2.30. The summed E-state index contributed by atoms with van der Waals surface area (Å²) >= 11 is 0. The minimum Gasteiger partial charge on any atom is -0.354 e. The van der Waals surface area contributed by atoms with Gasteiger partial charge in [0, 0.05) is 6.54 Å². The van der Waals surface area contributed by atoms with E-state index in [1.807, 2.05) is 0 Å². The maximum absolute atomic E-state index is 12.2. The first-order valence-electron chi connectivity index (χ1n) is 5.82. The summed E-state index contributed by atoms with van der Waals surface area (Å²) in [5.74, 6) is -1.61. The lowest BCUT2D eigenvalue weighted by molar-refractivity contribution is -0.153. The number of hydrogen-bond acceptors (Lipinski definition) is 4. The van der Waals surface area contributed by atoms with E-state index in [0.717, 1.165) is 4.90 Å². The highest BCUT2D eigenvalue weighted by atomic mass is 16.2. The van der Waals surface area contributed by atoms with Crippen LogP contribution in [0.1, 0.15) is 26.7 Å². The number of barbiturate groups is 1. The Bertz CT molecular complexity index is 444. The summed E-state index contributed by atoms with van der Waals surface area (Å²) in [7, 11) is 0. The molecule has 98 valence electrons. The van der Waals surface area contributed by atoms with Gasteiger partial charge in [0.2, 0.25) is 17.7 Å². The normalized spacial score (nSPS) is 27.9. The summed E-state index contributed by atoms with van der Waals surface area (Å²) in [5, 5.41) is 4.73. The van der Waals surface area contributed by atoms with E-state index >= 15 is 0 Å². The van der Waals surface area contributed by atoms with Gasteiger partial charge in [0.15, 0.2) is 0 Å². The molecule has 0 aromatic heterocycles. The van der Waals surface area contributed by atoms with Crippen molar-refractivity contribution in [2.45, 2.75) is 32.7 Å². The van der Waals surface area contributed by atoms with E-state index in [4.69, 9.17) is 0 Å². The number of rotatable bonds is 1. The second-order valence-electron chi connectivity index (χ2n) is 5.01. The molecule has 18 heavy (non-hydrogen) atoms. The summed E-state index contributed by atoms with van der Waals surface area (Å²) in [6, 6.07) is -1.63. The first kappa shape index (κ1) is 12.5. The van der Waals surface area contributed by atoms with Crippen LogP contribution in [0.15, 0.2) is 0 Å². The molecule has 2 aliphatic rings. The Morgan fingerprint density at radius 1 is 1.22 bits per heavy atom. The van der Waals surface area contributed by atoms with Crippen LogP contribution in [-0.4, -0.2) is 41.2 Å². The second-order valence-corrected chi connectivity index (χ2v) is 5.01. The van der Waals surface area contributed by atoms with Gasteiger partial charge in [-0.25, -0.2) is 4.79 Å². The van der Waals surface area contributed by atoms with Crippen molar-refractivity contribution in [1.82, 2.24) is 15.5 Å². The number of urea groups is 1. The lowest BCUT2D eigenvalue weighted by atomic mass is 9.87. The minimum absolute atomic E-state index is 0.352. The molecule has 2 rings (SSSR count). The van der Waals surface area contributed by atoms with Crippen molar-refractivity contribution in [2.24, 2.45) is 5.41 Å². The van der Waals surface area contributed by atoms with E-state index in [-0.39, 0.29) is 5.91 Å². The van der Waals surface area contributed by atoms with E-state index in [0.29, 0.717) is 19.4 Å². The number of carbonyl (C=O) groups excluding carboxylic acids is 4. The first-order valence-corrected chi connectivity index (χ1v) is 5.82. The molecular weight excluding hydrogens is 238 g/mol. The number of amides is 5. The fourth-order valence-electron chi connectivity index (χ4n) is 2.09. The summed E-state index contributed by atoms with van der Waals surface area (Å²) in [4.78, 5) is 48.1. The Labute approximate surface area is 104 Å². The zero-order chi connectivity index (χ0) is 13.5. The van der Waals surface area contributed by atoms with Crippen molar-refractivity contribution >= 4 is 23.8 Å². The molecule has 2 N–H and O–H groups in total. The van der Waals surface area contributed by atoms with Gasteiger partial charge in [0.05, 0.1) is 0 Å². The maximum atomic E-state index is 12.2. The van der Waals surface area contributed by atoms with Gasteiger partial charge in [-0.3, -0.25) is 24.6 Å². The number of carbonyl (C=O) groups is 4. The van der Waals surface area contributed by atoms with Crippen LogP contribution in [0.3, 0.4) is 0 Å².